The molecule has 0 spiro atoms. The van der Waals surface area contributed by atoms with Crippen LogP contribution >= 0.6 is 11.9 Å². The van der Waals surface area contributed by atoms with Crippen molar-refractivity contribution in [3.63, 3.8) is 0 Å². The Morgan fingerprint density at radius 1 is 1.07 bits per heavy atom. The first kappa shape index (κ1) is 21.7. The van der Waals surface area contributed by atoms with Gasteiger partial charge in [-0.1, -0.05) is 12.1 Å². The van der Waals surface area contributed by atoms with Crippen LogP contribution in [0.3, 0.4) is 0 Å². The maximum atomic E-state index is 11.1. The molecule has 156 valence electrons. The molecule has 2 aromatic carbocycles. The third-order valence-electron chi connectivity index (χ3n) is 5.71. The number of aliphatic hydroxyl groups is 1. The summed E-state index contributed by atoms with van der Waals surface area (Å²) in [6.45, 7) is 5.54. The molecule has 0 saturated heterocycles. The highest BCUT2D eigenvalue weighted by Gasteiger charge is 2.24. The molecule has 0 bridgehead atoms. The Kier molecular flexibility index (Phi) is 6.56. The number of anilines is 1. The number of carbonyl (C=O) groups excluding carboxylic acids is 1. The van der Waals surface area contributed by atoms with Crippen molar-refractivity contribution in [2.45, 2.75) is 69.8 Å². The van der Waals surface area contributed by atoms with Crippen molar-refractivity contribution < 1.29 is 9.90 Å². The zero-order valence-corrected chi connectivity index (χ0v) is 18.3. The molecule has 29 heavy (non-hydrogen) atoms. The number of aryl methyl sites for hydroxylation is 3. The van der Waals surface area contributed by atoms with Gasteiger partial charge in [0, 0.05) is 10.6 Å². The molecule has 0 atom stereocenters. The molecule has 0 saturated carbocycles. The van der Waals surface area contributed by atoms with Gasteiger partial charge in [0.05, 0.1) is 5.60 Å². The van der Waals surface area contributed by atoms with E-state index >= 15 is 0 Å². The third-order valence-corrected chi connectivity index (χ3v) is 6.24. The van der Waals surface area contributed by atoms with Crippen molar-refractivity contribution in [3.05, 3.63) is 57.6 Å². The van der Waals surface area contributed by atoms with Crippen LogP contribution in [0, 0.1) is 6.92 Å². The van der Waals surface area contributed by atoms with Gasteiger partial charge in [-0.05, 0) is 117 Å². The van der Waals surface area contributed by atoms with Gasteiger partial charge >= 0.3 is 6.03 Å². The molecular weight excluding hydrogens is 382 g/mol. The first-order chi connectivity index (χ1) is 13.7. The molecule has 6 N–H and O–H groups in total. The molecule has 0 fully saturated rings. The fraction of sp³-hybridized carbons (Fsp3) is 0.435. The zero-order chi connectivity index (χ0) is 21.2. The highest BCUT2D eigenvalue weighted by Crippen LogP contribution is 2.38. The number of hydrogen-bond acceptors (Lipinski definition) is 4. The van der Waals surface area contributed by atoms with Crippen molar-refractivity contribution in [1.82, 2.24) is 0 Å². The van der Waals surface area contributed by atoms with Crippen molar-refractivity contribution in [2.75, 3.05) is 5.32 Å². The van der Waals surface area contributed by atoms with Gasteiger partial charge in [0.15, 0.2) is 0 Å². The molecule has 2 aromatic rings. The van der Waals surface area contributed by atoms with Crippen LogP contribution in [0.1, 0.15) is 60.1 Å². The Morgan fingerprint density at radius 3 is 2.10 bits per heavy atom. The Labute approximate surface area is 177 Å². The normalized spacial score (nSPS) is 14.7. The monoisotopic (exact) mass is 413 g/mol. The summed E-state index contributed by atoms with van der Waals surface area (Å²) in [5, 5.41) is 18.1. The van der Waals surface area contributed by atoms with Gasteiger partial charge in [-0.15, -0.1) is 0 Å². The minimum Gasteiger partial charge on any atom is -0.386 e. The molecule has 2 aliphatic carbocycles. The molecule has 2 aliphatic rings. The predicted molar refractivity (Wildman–Crippen MR) is 120 cm³/mol. The van der Waals surface area contributed by atoms with E-state index in [0.29, 0.717) is 0 Å². The summed E-state index contributed by atoms with van der Waals surface area (Å²) in [5.41, 5.74) is 13.1. The van der Waals surface area contributed by atoms with Gasteiger partial charge in [0.25, 0.3) is 0 Å². The van der Waals surface area contributed by atoms with Gasteiger partial charge in [-0.25, -0.2) is 4.79 Å². The number of carbonyl (C=O) groups is 1. The van der Waals surface area contributed by atoms with Crippen molar-refractivity contribution in [2.24, 2.45) is 10.9 Å². The van der Waals surface area contributed by atoms with Crippen molar-refractivity contribution >= 4 is 23.7 Å². The number of primary amides is 1. The van der Waals surface area contributed by atoms with E-state index in [9.17, 15) is 9.90 Å². The number of fused-ring (bicyclic) bond motifs is 2. The number of nitrogens with one attached hydrogen (secondary N) is 1. The maximum absolute atomic E-state index is 11.1. The second kappa shape index (κ2) is 8.78. The summed E-state index contributed by atoms with van der Waals surface area (Å²) in [7, 11) is 0. The molecular formula is C23H31N3O2S. The van der Waals surface area contributed by atoms with E-state index in [0.717, 1.165) is 47.4 Å². The maximum Gasteiger partial charge on any atom is 0.316 e. The molecule has 0 radical (unpaired) electrons. The Hall–Kier alpha value is -2.02. The van der Waals surface area contributed by atoms with Crippen molar-refractivity contribution in [3.8, 4) is 0 Å². The van der Waals surface area contributed by atoms with Gasteiger partial charge in [-0.2, -0.15) is 0 Å². The molecule has 2 amide bonds. The van der Waals surface area contributed by atoms with Crippen molar-refractivity contribution in [1.29, 1.82) is 0 Å². The van der Waals surface area contributed by atoms with Gasteiger partial charge in [0.2, 0.25) is 0 Å². The van der Waals surface area contributed by atoms with E-state index in [1.54, 1.807) is 13.8 Å². The molecule has 5 nitrogen and oxygen atoms in total. The summed E-state index contributed by atoms with van der Waals surface area (Å²) in [6.07, 6.45) is 6.86. The summed E-state index contributed by atoms with van der Waals surface area (Å²) in [4.78, 5) is 12.1. The number of nitrogens with two attached hydrogens (primary N) is 2. The fourth-order valence-corrected chi connectivity index (χ4v) is 4.88. The minimum atomic E-state index is -0.776. The fourth-order valence-electron chi connectivity index (χ4n) is 4.49. The lowest BCUT2D eigenvalue weighted by Gasteiger charge is -2.20. The lowest BCUT2D eigenvalue weighted by molar-refractivity contribution is 0.0778. The number of benzene rings is 2. The highest BCUT2D eigenvalue weighted by molar-refractivity contribution is 7.97. The number of amides is 2. The van der Waals surface area contributed by atoms with Crippen LogP contribution < -0.4 is 16.2 Å². The quantitative estimate of drug-likeness (QED) is 0.562. The summed E-state index contributed by atoms with van der Waals surface area (Å²) in [6, 6.07) is 7.74. The minimum absolute atomic E-state index is 0.436. The topological polar surface area (TPSA) is 101 Å². The highest BCUT2D eigenvalue weighted by atomic mass is 32.2. The van der Waals surface area contributed by atoms with Crippen LogP contribution in [-0.2, 0) is 31.3 Å². The van der Waals surface area contributed by atoms with Gasteiger partial charge in [0.1, 0.15) is 0 Å². The number of urea groups is 1. The van der Waals surface area contributed by atoms with Crippen LogP contribution in [0.2, 0.25) is 0 Å². The first-order valence-electron chi connectivity index (χ1n) is 10.1. The van der Waals surface area contributed by atoms with Crippen LogP contribution in [0.25, 0.3) is 0 Å². The van der Waals surface area contributed by atoms with Gasteiger partial charge < -0.3 is 16.2 Å². The molecule has 0 aromatic heterocycles. The smallest absolute Gasteiger partial charge is 0.316 e. The van der Waals surface area contributed by atoms with Crippen LogP contribution in [-0.4, -0.2) is 11.1 Å². The van der Waals surface area contributed by atoms with E-state index in [2.05, 4.69) is 11.4 Å². The molecule has 0 aliphatic heterocycles. The number of rotatable bonds is 3. The van der Waals surface area contributed by atoms with Crippen LogP contribution in [0.4, 0.5) is 10.5 Å². The summed E-state index contributed by atoms with van der Waals surface area (Å²) < 4.78 is 0. The van der Waals surface area contributed by atoms with E-state index in [1.807, 2.05) is 25.1 Å². The third kappa shape index (κ3) is 4.94. The van der Waals surface area contributed by atoms with E-state index in [-0.39, 0.29) is 0 Å². The standard InChI is InChI=1S/C13H16N2O.C10H15NOS/c14-13(16)15-12-10-5-1-3-8(10)7-9-4-2-6-11(9)12;1-7-6-8(13-11)4-5-9(7)10(2,3)12/h7H,1-6H2,(H3,14,15,16);4-6,12H,11H2,1-3H3. The Bertz CT molecular complexity index is 887. The molecule has 6 heteroatoms. The lowest BCUT2D eigenvalue weighted by Crippen LogP contribution is -2.21. The van der Waals surface area contributed by atoms with Crippen LogP contribution in [0.5, 0.6) is 0 Å². The van der Waals surface area contributed by atoms with Crippen LogP contribution in [0.15, 0.2) is 29.2 Å². The van der Waals surface area contributed by atoms with E-state index in [1.165, 1.54) is 47.0 Å². The molecule has 0 unspecified atom stereocenters. The predicted octanol–water partition coefficient (Wildman–Crippen LogP) is 4.34. The Balaban J connectivity index is 0.000000170. The SMILES string of the molecule is Cc1cc(SN)ccc1C(C)(C)O.NC(=O)Nc1c2c(cc3c1CCC3)CCC2. The lowest BCUT2D eigenvalue weighted by atomic mass is 9.94. The average Bonchev–Trinajstić information content (AvgIpc) is 3.29. The summed E-state index contributed by atoms with van der Waals surface area (Å²) in [5.74, 6) is 0. The second-order valence-electron chi connectivity index (χ2n) is 8.38. The molecule has 4 rings (SSSR count). The summed E-state index contributed by atoms with van der Waals surface area (Å²) >= 11 is 1.22. The van der Waals surface area contributed by atoms with E-state index in [4.69, 9.17) is 10.9 Å². The number of hydrogen-bond donors (Lipinski definition) is 4. The molecule has 0 heterocycles. The first-order valence-corrected chi connectivity index (χ1v) is 11.0. The average molecular weight is 414 g/mol. The van der Waals surface area contributed by atoms with Gasteiger partial charge in [-0.3, -0.25) is 5.14 Å². The largest absolute Gasteiger partial charge is 0.386 e. The Morgan fingerprint density at radius 2 is 1.66 bits per heavy atom. The second-order valence-corrected chi connectivity index (χ2v) is 9.08. The van der Waals surface area contributed by atoms with E-state index < -0.39 is 11.6 Å². The zero-order valence-electron chi connectivity index (χ0n) is 17.5.